The van der Waals surface area contributed by atoms with Gasteiger partial charge in [0.25, 0.3) is 5.91 Å². The molecule has 1 heterocycles. The number of amides is 1. The highest BCUT2D eigenvalue weighted by molar-refractivity contribution is 6.28. The van der Waals surface area contributed by atoms with Crippen molar-refractivity contribution in [1.29, 1.82) is 0 Å². The third kappa shape index (κ3) is 4.81. The summed E-state index contributed by atoms with van der Waals surface area (Å²) in [5, 5.41) is 6.48. The maximum absolute atomic E-state index is 12.9. The number of nitrogens with one attached hydrogen (secondary N) is 1. The minimum atomic E-state index is -0.680. The minimum Gasteiger partial charge on any atom is -0.489 e. The van der Waals surface area contributed by atoms with Crippen LogP contribution in [0.4, 0.5) is 5.69 Å². The molecule has 0 spiro atoms. The Morgan fingerprint density at radius 1 is 0.868 bits per heavy atom. The van der Waals surface area contributed by atoms with E-state index in [-0.39, 0.29) is 34.9 Å². The number of ether oxygens (including phenoxy) is 2. The number of carbonyl (C=O) groups is 4. The number of hydrogen-bond donors (Lipinski definition) is 1. The van der Waals surface area contributed by atoms with E-state index in [1.165, 1.54) is 30.3 Å². The Kier molecular flexibility index (Phi) is 6.57. The summed E-state index contributed by atoms with van der Waals surface area (Å²) in [6.45, 7) is 3.38. The van der Waals surface area contributed by atoms with Crippen LogP contribution in [0.25, 0.3) is 0 Å². The van der Waals surface area contributed by atoms with Crippen LogP contribution in [0, 0.1) is 13.8 Å². The van der Waals surface area contributed by atoms with E-state index in [4.69, 9.17) is 14.0 Å². The Bertz CT molecular complexity index is 1570. The number of aryl methyl sites for hydroxylation is 2. The molecule has 9 heteroatoms. The summed E-state index contributed by atoms with van der Waals surface area (Å²) in [6, 6.07) is 17.4. The largest absolute Gasteiger partial charge is 0.489 e. The Morgan fingerprint density at radius 2 is 1.53 bits per heavy atom. The van der Waals surface area contributed by atoms with Gasteiger partial charge in [-0.3, -0.25) is 14.4 Å². The molecule has 0 radical (unpaired) electrons. The van der Waals surface area contributed by atoms with Crippen LogP contribution in [-0.2, 0) is 16.1 Å². The molecule has 5 rings (SSSR count). The Balaban J connectivity index is 1.16. The van der Waals surface area contributed by atoms with Gasteiger partial charge in [-0.25, -0.2) is 4.79 Å². The summed E-state index contributed by atoms with van der Waals surface area (Å²) in [4.78, 5) is 50.4. The normalized spacial score (nSPS) is 11.9. The zero-order valence-electron chi connectivity index (χ0n) is 20.6. The lowest BCUT2D eigenvalue weighted by atomic mass is 9.84. The number of hydrogen-bond acceptors (Lipinski definition) is 8. The lowest BCUT2D eigenvalue weighted by molar-refractivity contribution is -0.119. The van der Waals surface area contributed by atoms with Gasteiger partial charge in [-0.2, -0.15) is 0 Å². The van der Waals surface area contributed by atoms with E-state index in [0.717, 1.165) is 11.3 Å². The van der Waals surface area contributed by atoms with Crippen molar-refractivity contribution < 1.29 is 33.2 Å². The molecule has 1 aliphatic rings. The summed E-state index contributed by atoms with van der Waals surface area (Å²) in [6.07, 6.45) is 0. The van der Waals surface area contributed by atoms with Crippen LogP contribution in [0.15, 0.2) is 71.3 Å². The number of fused-ring (bicyclic) bond motifs is 2. The quantitative estimate of drug-likeness (QED) is 0.319. The zero-order valence-corrected chi connectivity index (χ0v) is 20.6. The van der Waals surface area contributed by atoms with Crippen molar-refractivity contribution >= 4 is 29.1 Å². The van der Waals surface area contributed by atoms with Gasteiger partial charge in [-0.05, 0) is 56.3 Å². The van der Waals surface area contributed by atoms with E-state index in [9.17, 15) is 19.2 Å². The van der Waals surface area contributed by atoms with Gasteiger partial charge in [0.2, 0.25) is 0 Å². The zero-order chi connectivity index (χ0) is 26.8. The molecule has 0 saturated carbocycles. The van der Waals surface area contributed by atoms with E-state index >= 15 is 0 Å². The first-order valence-corrected chi connectivity index (χ1v) is 11.8. The van der Waals surface area contributed by atoms with Gasteiger partial charge in [0, 0.05) is 27.9 Å². The number of rotatable bonds is 7. The number of ketones is 2. The van der Waals surface area contributed by atoms with Crippen molar-refractivity contribution in [2.75, 3.05) is 11.9 Å². The first-order chi connectivity index (χ1) is 18.3. The number of esters is 1. The second-order valence-corrected chi connectivity index (χ2v) is 8.70. The maximum atomic E-state index is 12.9. The maximum Gasteiger partial charge on any atom is 0.338 e. The Hall–Kier alpha value is -5.05. The van der Waals surface area contributed by atoms with Crippen LogP contribution in [0.2, 0.25) is 0 Å². The Morgan fingerprint density at radius 3 is 2.18 bits per heavy atom. The lowest BCUT2D eigenvalue weighted by Gasteiger charge is -2.18. The molecule has 0 saturated heterocycles. The second kappa shape index (κ2) is 10.1. The molecule has 190 valence electrons. The molecule has 9 nitrogen and oxygen atoms in total. The summed E-state index contributed by atoms with van der Waals surface area (Å²) in [5.41, 5.74) is 3.33. The van der Waals surface area contributed by atoms with Crippen LogP contribution in [0.1, 0.15) is 59.2 Å². The summed E-state index contributed by atoms with van der Waals surface area (Å²) in [7, 11) is 0. The van der Waals surface area contributed by atoms with Gasteiger partial charge in [-0.1, -0.05) is 29.4 Å². The SMILES string of the molecule is Cc1noc(C)c1COc1ccc(C(=O)OCC(=O)Nc2ccc3c(c2)C(=O)c2ccccc2C3=O)cc1. The molecular formula is C29H22N2O7. The van der Waals surface area contributed by atoms with Crippen molar-refractivity contribution in [1.82, 2.24) is 5.16 Å². The topological polar surface area (TPSA) is 125 Å². The van der Waals surface area contributed by atoms with E-state index < -0.39 is 18.5 Å². The number of benzene rings is 3. The highest BCUT2D eigenvalue weighted by Crippen LogP contribution is 2.29. The second-order valence-electron chi connectivity index (χ2n) is 8.70. The van der Waals surface area contributed by atoms with Gasteiger partial charge in [-0.15, -0.1) is 0 Å². The highest BCUT2D eigenvalue weighted by atomic mass is 16.5. The average Bonchev–Trinajstić information content (AvgIpc) is 3.26. The molecule has 0 aliphatic heterocycles. The first kappa shape index (κ1) is 24.6. The monoisotopic (exact) mass is 510 g/mol. The van der Waals surface area contributed by atoms with E-state index in [0.29, 0.717) is 28.3 Å². The van der Waals surface area contributed by atoms with Crippen molar-refractivity contribution in [3.8, 4) is 5.75 Å². The molecule has 1 N–H and O–H groups in total. The fourth-order valence-electron chi connectivity index (χ4n) is 4.14. The van der Waals surface area contributed by atoms with Gasteiger partial charge >= 0.3 is 5.97 Å². The van der Waals surface area contributed by atoms with Gasteiger partial charge in [0.15, 0.2) is 18.2 Å². The molecule has 0 fully saturated rings. The standard InChI is InChI=1S/C29H22N2O7/c1-16-25(17(2)38-31-16)14-36-20-10-7-18(8-11-20)29(35)37-15-26(32)30-19-9-12-23-24(13-19)28(34)22-6-4-3-5-21(22)27(23)33/h3-13H,14-15H2,1-2H3,(H,30,32). The first-order valence-electron chi connectivity index (χ1n) is 11.8. The molecule has 0 bridgehead atoms. The molecule has 1 aliphatic carbocycles. The summed E-state index contributed by atoms with van der Waals surface area (Å²) in [5.74, 6) is -0.587. The smallest absolute Gasteiger partial charge is 0.338 e. The van der Waals surface area contributed by atoms with Crippen molar-refractivity contribution in [2.45, 2.75) is 20.5 Å². The molecule has 3 aromatic carbocycles. The van der Waals surface area contributed by atoms with E-state index in [1.807, 2.05) is 6.92 Å². The number of carbonyl (C=O) groups excluding carboxylic acids is 4. The van der Waals surface area contributed by atoms with E-state index in [1.54, 1.807) is 43.3 Å². The molecule has 0 atom stereocenters. The van der Waals surface area contributed by atoms with Crippen molar-refractivity contribution in [3.63, 3.8) is 0 Å². The molecule has 0 unspecified atom stereocenters. The van der Waals surface area contributed by atoms with E-state index in [2.05, 4.69) is 10.5 Å². The number of anilines is 1. The molecule has 1 amide bonds. The molecule has 1 aromatic heterocycles. The van der Waals surface area contributed by atoms with Crippen LogP contribution >= 0.6 is 0 Å². The van der Waals surface area contributed by atoms with Crippen molar-refractivity contribution in [3.05, 3.63) is 112 Å². The van der Waals surface area contributed by atoms with Crippen LogP contribution in [0.3, 0.4) is 0 Å². The fourth-order valence-corrected chi connectivity index (χ4v) is 4.14. The summed E-state index contributed by atoms with van der Waals surface area (Å²) < 4.78 is 16.0. The van der Waals surface area contributed by atoms with Gasteiger partial charge in [0.05, 0.1) is 16.8 Å². The Labute approximate surface area is 217 Å². The molecule has 38 heavy (non-hydrogen) atoms. The number of aromatic nitrogens is 1. The molecule has 4 aromatic rings. The van der Waals surface area contributed by atoms with Gasteiger partial charge < -0.3 is 19.3 Å². The van der Waals surface area contributed by atoms with Gasteiger partial charge in [0.1, 0.15) is 18.1 Å². The fraction of sp³-hybridized carbons (Fsp3) is 0.138. The average molecular weight is 511 g/mol. The highest BCUT2D eigenvalue weighted by Gasteiger charge is 2.29. The summed E-state index contributed by atoms with van der Waals surface area (Å²) >= 11 is 0. The lowest BCUT2D eigenvalue weighted by Crippen LogP contribution is -2.23. The minimum absolute atomic E-state index is 0.208. The third-order valence-corrected chi connectivity index (χ3v) is 6.20. The molecular weight excluding hydrogens is 488 g/mol. The van der Waals surface area contributed by atoms with Crippen LogP contribution in [-0.4, -0.2) is 35.2 Å². The predicted molar refractivity (Wildman–Crippen MR) is 135 cm³/mol. The van der Waals surface area contributed by atoms with Crippen LogP contribution < -0.4 is 10.1 Å². The predicted octanol–water partition coefficient (Wildman–Crippen LogP) is 4.44. The van der Waals surface area contributed by atoms with Crippen molar-refractivity contribution in [2.24, 2.45) is 0 Å². The van der Waals surface area contributed by atoms with Crippen LogP contribution in [0.5, 0.6) is 5.75 Å². The number of nitrogens with zero attached hydrogens (tertiary/aromatic N) is 1. The third-order valence-electron chi connectivity index (χ3n) is 6.20.